The van der Waals surface area contributed by atoms with Gasteiger partial charge >= 0.3 is 5.97 Å². The Balaban J connectivity index is 2.56. The number of nitrogens with zero attached hydrogens (tertiary/aromatic N) is 1. The molecule has 2 atom stereocenters. The molecule has 2 rings (SSSR count). The van der Waals surface area contributed by atoms with Crippen LogP contribution in [0.1, 0.15) is 51.2 Å². The van der Waals surface area contributed by atoms with E-state index in [1.807, 2.05) is 6.92 Å². The van der Waals surface area contributed by atoms with Gasteiger partial charge in [0.25, 0.3) is 0 Å². The average Bonchev–Trinajstić information content (AvgIpc) is 2.35. The molecule has 0 saturated heterocycles. The third-order valence-corrected chi connectivity index (χ3v) is 4.36. The fourth-order valence-corrected chi connectivity index (χ4v) is 3.57. The van der Waals surface area contributed by atoms with Crippen molar-refractivity contribution < 1.29 is 9.53 Å². The Hall–Kier alpha value is -1.51. The van der Waals surface area contributed by atoms with Crippen molar-refractivity contribution in [1.82, 2.24) is 0 Å². The zero-order valence-electron chi connectivity index (χ0n) is 13.4. The van der Waals surface area contributed by atoms with Crippen LogP contribution in [-0.2, 0) is 9.53 Å². The van der Waals surface area contributed by atoms with Gasteiger partial charge < -0.3 is 9.64 Å². The van der Waals surface area contributed by atoms with Gasteiger partial charge in [0.15, 0.2) is 0 Å². The molecule has 3 nitrogen and oxygen atoms in total. The molecule has 0 amide bonds. The second kappa shape index (κ2) is 5.12. The lowest BCUT2D eigenvalue weighted by atomic mass is 9.79. The second-order valence-electron chi connectivity index (χ2n) is 6.55. The number of esters is 1. The Labute approximate surface area is 121 Å². The Kier molecular flexibility index (Phi) is 3.81. The molecule has 3 heteroatoms. The molecule has 1 aromatic rings. The number of methoxy groups -OCH3 is 1. The highest BCUT2D eigenvalue weighted by molar-refractivity contribution is 5.81. The molecule has 0 radical (unpaired) electrons. The molecule has 1 aliphatic rings. The van der Waals surface area contributed by atoms with Crippen LogP contribution in [0.3, 0.4) is 0 Å². The third-order valence-electron chi connectivity index (χ3n) is 4.36. The van der Waals surface area contributed by atoms with Crippen molar-refractivity contribution in [3.05, 3.63) is 29.3 Å². The topological polar surface area (TPSA) is 29.5 Å². The highest BCUT2D eigenvalue weighted by atomic mass is 16.5. The van der Waals surface area contributed by atoms with Crippen LogP contribution in [0, 0.1) is 6.92 Å². The first kappa shape index (κ1) is 14.9. The molecule has 1 aliphatic heterocycles. The number of carbonyl (C=O) groups excluding carboxylic acids is 1. The van der Waals surface area contributed by atoms with E-state index in [0.717, 1.165) is 6.42 Å². The van der Waals surface area contributed by atoms with Crippen LogP contribution < -0.4 is 4.90 Å². The van der Waals surface area contributed by atoms with Gasteiger partial charge in [-0.25, -0.2) is 4.79 Å². The minimum Gasteiger partial charge on any atom is -0.467 e. The van der Waals surface area contributed by atoms with E-state index in [2.05, 4.69) is 50.8 Å². The van der Waals surface area contributed by atoms with Gasteiger partial charge in [-0.05, 0) is 57.2 Å². The summed E-state index contributed by atoms with van der Waals surface area (Å²) in [6, 6.07) is 6.26. The summed E-state index contributed by atoms with van der Waals surface area (Å²) in [6.07, 6.45) is 1.03. The molecule has 0 aliphatic carbocycles. The number of ether oxygens (including phenoxy) is 1. The molecule has 0 saturated carbocycles. The molecule has 0 bridgehead atoms. The second-order valence-corrected chi connectivity index (χ2v) is 6.55. The number of hydrogen-bond donors (Lipinski definition) is 0. The van der Waals surface area contributed by atoms with Crippen molar-refractivity contribution in [2.45, 2.75) is 58.5 Å². The number of carbonyl (C=O) groups is 1. The summed E-state index contributed by atoms with van der Waals surface area (Å²) in [5.74, 6) is 0.321. The van der Waals surface area contributed by atoms with Crippen LogP contribution in [0.2, 0.25) is 0 Å². The van der Waals surface area contributed by atoms with Crippen LogP contribution in [-0.4, -0.2) is 24.7 Å². The number of hydrogen-bond acceptors (Lipinski definition) is 3. The monoisotopic (exact) mass is 275 g/mol. The van der Waals surface area contributed by atoms with Crippen LogP contribution in [0.5, 0.6) is 0 Å². The van der Waals surface area contributed by atoms with Gasteiger partial charge in [0.05, 0.1) is 7.11 Å². The van der Waals surface area contributed by atoms with Gasteiger partial charge in [0.2, 0.25) is 0 Å². The van der Waals surface area contributed by atoms with Crippen LogP contribution in [0.4, 0.5) is 5.69 Å². The lowest BCUT2D eigenvalue weighted by Gasteiger charge is -2.49. The summed E-state index contributed by atoms with van der Waals surface area (Å²) >= 11 is 0. The number of aryl methyl sites for hydroxylation is 1. The summed E-state index contributed by atoms with van der Waals surface area (Å²) in [5.41, 5.74) is 3.65. The minimum atomic E-state index is -0.275. The third kappa shape index (κ3) is 2.41. The molecule has 1 heterocycles. The van der Waals surface area contributed by atoms with E-state index in [0.29, 0.717) is 5.92 Å². The normalized spacial score (nSPS) is 22.1. The van der Waals surface area contributed by atoms with E-state index in [-0.39, 0.29) is 17.6 Å². The number of benzene rings is 1. The zero-order valence-corrected chi connectivity index (χ0v) is 13.4. The van der Waals surface area contributed by atoms with Crippen molar-refractivity contribution in [2.75, 3.05) is 12.0 Å². The van der Waals surface area contributed by atoms with E-state index in [1.54, 1.807) is 0 Å². The predicted octanol–water partition coefficient (Wildman–Crippen LogP) is 3.65. The molecule has 1 aromatic carbocycles. The van der Waals surface area contributed by atoms with Gasteiger partial charge in [-0.2, -0.15) is 0 Å². The zero-order chi connectivity index (χ0) is 15.1. The summed E-state index contributed by atoms with van der Waals surface area (Å²) in [4.78, 5) is 14.2. The first-order chi connectivity index (χ1) is 9.27. The largest absolute Gasteiger partial charge is 0.467 e. The summed E-state index contributed by atoms with van der Waals surface area (Å²) in [5, 5.41) is 0. The van der Waals surface area contributed by atoms with Crippen molar-refractivity contribution in [2.24, 2.45) is 0 Å². The Morgan fingerprint density at radius 1 is 1.45 bits per heavy atom. The maximum Gasteiger partial charge on any atom is 0.328 e. The highest BCUT2D eigenvalue weighted by Gasteiger charge is 2.41. The van der Waals surface area contributed by atoms with Gasteiger partial charge in [-0.3, -0.25) is 0 Å². The van der Waals surface area contributed by atoms with Crippen molar-refractivity contribution in [3.8, 4) is 0 Å². The van der Waals surface area contributed by atoms with Crippen LogP contribution in [0.25, 0.3) is 0 Å². The molecule has 0 N–H and O–H groups in total. The van der Waals surface area contributed by atoms with Gasteiger partial charge in [-0.15, -0.1) is 0 Å². The predicted molar refractivity (Wildman–Crippen MR) is 82.2 cm³/mol. The summed E-state index contributed by atoms with van der Waals surface area (Å²) in [7, 11) is 1.45. The molecule has 2 unspecified atom stereocenters. The number of anilines is 1. The van der Waals surface area contributed by atoms with E-state index in [9.17, 15) is 4.79 Å². The smallest absolute Gasteiger partial charge is 0.328 e. The summed E-state index contributed by atoms with van der Waals surface area (Å²) < 4.78 is 4.95. The fourth-order valence-electron chi connectivity index (χ4n) is 3.57. The lowest BCUT2D eigenvalue weighted by molar-refractivity contribution is -0.142. The van der Waals surface area contributed by atoms with Crippen molar-refractivity contribution in [3.63, 3.8) is 0 Å². The lowest BCUT2D eigenvalue weighted by Crippen LogP contribution is -2.55. The number of rotatable bonds is 2. The van der Waals surface area contributed by atoms with Gasteiger partial charge in [0, 0.05) is 11.2 Å². The fraction of sp³-hybridized carbons (Fsp3) is 0.588. The molecule has 110 valence electrons. The van der Waals surface area contributed by atoms with Crippen molar-refractivity contribution in [1.29, 1.82) is 0 Å². The van der Waals surface area contributed by atoms with E-state index >= 15 is 0 Å². The minimum absolute atomic E-state index is 0.0617. The standard InChI is InChI=1S/C17H25NO2/c1-11-7-8-14-12(2)10-17(4,5)18(15(14)9-11)13(3)16(19)20-6/h7-9,12-13H,10H2,1-6H3. The maximum atomic E-state index is 12.0. The van der Waals surface area contributed by atoms with Gasteiger partial charge in [0.1, 0.15) is 6.04 Å². The van der Waals surface area contributed by atoms with Crippen molar-refractivity contribution >= 4 is 11.7 Å². The van der Waals surface area contributed by atoms with Gasteiger partial charge in [-0.1, -0.05) is 19.1 Å². The molecular weight excluding hydrogens is 250 g/mol. The molecule has 0 spiro atoms. The van der Waals surface area contributed by atoms with E-state index in [4.69, 9.17) is 4.74 Å². The maximum absolute atomic E-state index is 12.0. The van der Waals surface area contributed by atoms with Crippen LogP contribution in [0.15, 0.2) is 18.2 Å². The number of fused-ring (bicyclic) bond motifs is 1. The molecule has 0 aromatic heterocycles. The SMILES string of the molecule is COC(=O)C(C)N1c2cc(C)ccc2C(C)CC1(C)C. The first-order valence-electron chi connectivity index (χ1n) is 7.25. The molecule has 0 fully saturated rings. The quantitative estimate of drug-likeness (QED) is 0.772. The average molecular weight is 275 g/mol. The Morgan fingerprint density at radius 3 is 2.70 bits per heavy atom. The van der Waals surface area contributed by atoms with E-state index < -0.39 is 0 Å². The Morgan fingerprint density at radius 2 is 2.10 bits per heavy atom. The summed E-state index contributed by atoms with van der Waals surface area (Å²) in [6.45, 7) is 10.7. The Bertz CT molecular complexity index is 522. The molecule has 20 heavy (non-hydrogen) atoms. The highest BCUT2D eigenvalue weighted by Crippen LogP contribution is 2.44. The van der Waals surface area contributed by atoms with Crippen LogP contribution >= 0.6 is 0 Å². The molecular formula is C17H25NO2. The van der Waals surface area contributed by atoms with E-state index in [1.165, 1.54) is 23.9 Å². The first-order valence-corrected chi connectivity index (χ1v) is 7.25.